The molecule has 2 rings (SSSR count). The Hall–Kier alpha value is -1.40. The summed E-state index contributed by atoms with van der Waals surface area (Å²) in [7, 11) is -3.29. The van der Waals surface area contributed by atoms with Gasteiger partial charge in [-0.3, -0.25) is 9.52 Å². The highest BCUT2D eigenvalue weighted by Crippen LogP contribution is 2.19. The van der Waals surface area contributed by atoms with Crippen LogP contribution in [-0.2, 0) is 10.0 Å². The molecule has 5 nitrogen and oxygen atoms in total. The summed E-state index contributed by atoms with van der Waals surface area (Å²) < 4.78 is 24.6. The van der Waals surface area contributed by atoms with Crippen LogP contribution in [0.1, 0.15) is 43.0 Å². The van der Waals surface area contributed by atoms with Gasteiger partial charge < -0.3 is 5.32 Å². The molecule has 1 fully saturated rings. The zero-order chi connectivity index (χ0) is 15.5. The van der Waals surface area contributed by atoms with E-state index in [0.29, 0.717) is 17.3 Å². The van der Waals surface area contributed by atoms with Gasteiger partial charge in [-0.15, -0.1) is 0 Å². The minimum absolute atomic E-state index is 0.0350. The van der Waals surface area contributed by atoms with Crippen molar-refractivity contribution in [2.45, 2.75) is 44.7 Å². The number of carbonyl (C=O) groups excluding carboxylic acids is 1. The van der Waals surface area contributed by atoms with Crippen LogP contribution in [0.15, 0.2) is 24.3 Å². The molecule has 0 aliphatic heterocycles. The van der Waals surface area contributed by atoms with E-state index in [1.807, 2.05) is 6.92 Å². The van der Waals surface area contributed by atoms with Gasteiger partial charge in [0.2, 0.25) is 10.0 Å². The predicted molar refractivity (Wildman–Crippen MR) is 84.1 cm³/mol. The number of benzene rings is 1. The van der Waals surface area contributed by atoms with Crippen LogP contribution < -0.4 is 10.0 Å². The number of Topliss-reactive ketones (excluding diaryl/α,β-unsaturated/α-hetero) is 1. The molecule has 0 spiro atoms. The summed E-state index contributed by atoms with van der Waals surface area (Å²) >= 11 is 0. The molecule has 0 saturated heterocycles. The second-order valence-corrected chi connectivity index (χ2v) is 7.43. The molecule has 0 aromatic heterocycles. The topological polar surface area (TPSA) is 75.3 Å². The molecule has 0 radical (unpaired) electrons. The lowest BCUT2D eigenvalue weighted by atomic mass is 10.0. The first-order valence-corrected chi connectivity index (χ1v) is 9.12. The number of rotatable bonds is 6. The summed E-state index contributed by atoms with van der Waals surface area (Å²) in [5.41, 5.74) is 1.05. The molecule has 0 bridgehead atoms. The summed E-state index contributed by atoms with van der Waals surface area (Å²) in [6.45, 7) is 1.88. The molecule has 1 saturated carbocycles. The van der Waals surface area contributed by atoms with E-state index in [0.717, 1.165) is 19.1 Å². The predicted octanol–water partition coefficient (Wildman–Crippen LogP) is 2.16. The van der Waals surface area contributed by atoms with E-state index in [-0.39, 0.29) is 11.8 Å². The number of carbonyl (C=O) groups is 1. The van der Waals surface area contributed by atoms with E-state index >= 15 is 0 Å². The lowest BCUT2D eigenvalue weighted by molar-refractivity contribution is 0.0944. The Morgan fingerprint density at radius 3 is 2.29 bits per heavy atom. The van der Waals surface area contributed by atoms with Crippen molar-refractivity contribution in [1.29, 1.82) is 0 Å². The largest absolute Gasteiger partial charge is 0.305 e. The molecular formula is C15H22N2O3S. The van der Waals surface area contributed by atoms with Gasteiger partial charge in [0.1, 0.15) is 0 Å². The minimum atomic E-state index is -3.29. The fraction of sp³-hybridized carbons (Fsp3) is 0.533. The molecule has 2 N–H and O–H groups in total. The van der Waals surface area contributed by atoms with E-state index in [4.69, 9.17) is 0 Å². The van der Waals surface area contributed by atoms with Crippen LogP contribution in [0.3, 0.4) is 0 Å². The van der Waals surface area contributed by atoms with Gasteiger partial charge in [0.25, 0.3) is 0 Å². The van der Waals surface area contributed by atoms with Crippen molar-refractivity contribution < 1.29 is 13.2 Å². The minimum Gasteiger partial charge on any atom is -0.305 e. The number of hydrogen-bond acceptors (Lipinski definition) is 4. The summed E-state index contributed by atoms with van der Waals surface area (Å²) in [5, 5.41) is 3.37. The number of anilines is 1. The smallest absolute Gasteiger partial charge is 0.229 e. The number of sulfonamides is 1. The third-order valence-corrected chi connectivity index (χ3v) is 4.31. The van der Waals surface area contributed by atoms with Gasteiger partial charge in [0.15, 0.2) is 5.78 Å². The van der Waals surface area contributed by atoms with Crippen molar-refractivity contribution in [2.75, 3.05) is 11.0 Å². The van der Waals surface area contributed by atoms with E-state index in [2.05, 4.69) is 10.0 Å². The molecule has 1 atom stereocenters. The van der Waals surface area contributed by atoms with Crippen LogP contribution in [0.4, 0.5) is 5.69 Å². The highest BCUT2D eigenvalue weighted by atomic mass is 32.2. The molecule has 116 valence electrons. The fourth-order valence-corrected chi connectivity index (χ4v) is 3.25. The Labute approximate surface area is 126 Å². The Kier molecular flexibility index (Phi) is 5.00. The first-order valence-electron chi connectivity index (χ1n) is 7.23. The van der Waals surface area contributed by atoms with Crippen LogP contribution >= 0.6 is 0 Å². The number of nitrogens with one attached hydrogen (secondary N) is 2. The highest BCUT2D eigenvalue weighted by molar-refractivity contribution is 7.92. The Balaban J connectivity index is 1.98. The van der Waals surface area contributed by atoms with Crippen LogP contribution in [0.2, 0.25) is 0 Å². The van der Waals surface area contributed by atoms with Gasteiger partial charge in [0, 0.05) is 17.3 Å². The second kappa shape index (κ2) is 6.58. The van der Waals surface area contributed by atoms with Gasteiger partial charge in [-0.25, -0.2) is 8.42 Å². The van der Waals surface area contributed by atoms with Crippen LogP contribution in [0.5, 0.6) is 0 Å². The molecule has 0 heterocycles. The average Bonchev–Trinajstić information content (AvgIpc) is 2.90. The maximum absolute atomic E-state index is 12.3. The van der Waals surface area contributed by atoms with Gasteiger partial charge in [-0.2, -0.15) is 0 Å². The Morgan fingerprint density at radius 1 is 1.19 bits per heavy atom. The van der Waals surface area contributed by atoms with E-state index in [1.54, 1.807) is 24.3 Å². The molecule has 0 amide bonds. The molecule has 1 aliphatic rings. The third kappa shape index (κ3) is 4.82. The molecule has 6 heteroatoms. The van der Waals surface area contributed by atoms with Crippen molar-refractivity contribution in [3.8, 4) is 0 Å². The van der Waals surface area contributed by atoms with Crippen molar-refractivity contribution >= 4 is 21.5 Å². The zero-order valence-electron chi connectivity index (χ0n) is 12.4. The average molecular weight is 310 g/mol. The lowest BCUT2D eigenvalue weighted by Gasteiger charge is -2.18. The van der Waals surface area contributed by atoms with Crippen molar-refractivity contribution in [3.05, 3.63) is 29.8 Å². The molecular weight excluding hydrogens is 288 g/mol. The normalized spacial score (nSPS) is 17.6. The Morgan fingerprint density at radius 2 is 1.76 bits per heavy atom. The fourth-order valence-electron chi connectivity index (χ4n) is 2.69. The summed E-state index contributed by atoms with van der Waals surface area (Å²) in [5.74, 6) is 0.0350. The standard InChI is InChI=1S/C15H22N2O3S/c1-11(16-13-5-3-4-6-13)15(18)12-7-9-14(10-8-12)17-21(2,19)20/h7-11,13,16-17H,3-6H2,1-2H3/t11-/m0/s1. The maximum atomic E-state index is 12.3. The lowest BCUT2D eigenvalue weighted by Crippen LogP contribution is -2.40. The quantitative estimate of drug-likeness (QED) is 0.790. The van der Waals surface area contributed by atoms with Crippen LogP contribution in [0.25, 0.3) is 0 Å². The summed E-state index contributed by atoms with van der Waals surface area (Å²) in [6, 6.07) is 6.75. The molecule has 0 unspecified atom stereocenters. The van der Waals surface area contributed by atoms with Gasteiger partial charge in [-0.05, 0) is 44.0 Å². The molecule has 1 aliphatic carbocycles. The first kappa shape index (κ1) is 16.0. The van der Waals surface area contributed by atoms with Gasteiger partial charge in [0.05, 0.1) is 12.3 Å². The number of ketones is 1. The highest BCUT2D eigenvalue weighted by Gasteiger charge is 2.21. The second-order valence-electron chi connectivity index (χ2n) is 5.69. The zero-order valence-corrected chi connectivity index (χ0v) is 13.2. The van der Waals surface area contributed by atoms with E-state index in [9.17, 15) is 13.2 Å². The first-order chi connectivity index (χ1) is 9.85. The Bertz CT molecular complexity index is 590. The van der Waals surface area contributed by atoms with E-state index < -0.39 is 10.0 Å². The summed E-state index contributed by atoms with van der Waals surface area (Å²) in [6.07, 6.45) is 5.82. The van der Waals surface area contributed by atoms with Crippen LogP contribution in [0, 0.1) is 0 Å². The molecule has 21 heavy (non-hydrogen) atoms. The van der Waals surface area contributed by atoms with E-state index in [1.165, 1.54) is 12.8 Å². The van der Waals surface area contributed by atoms with Gasteiger partial charge in [-0.1, -0.05) is 12.8 Å². The van der Waals surface area contributed by atoms with Crippen molar-refractivity contribution in [3.63, 3.8) is 0 Å². The summed E-state index contributed by atoms with van der Waals surface area (Å²) in [4.78, 5) is 12.3. The molecule has 1 aromatic carbocycles. The number of hydrogen-bond donors (Lipinski definition) is 2. The van der Waals surface area contributed by atoms with Crippen molar-refractivity contribution in [2.24, 2.45) is 0 Å². The van der Waals surface area contributed by atoms with Gasteiger partial charge >= 0.3 is 0 Å². The maximum Gasteiger partial charge on any atom is 0.229 e. The van der Waals surface area contributed by atoms with Crippen molar-refractivity contribution in [1.82, 2.24) is 5.32 Å². The van der Waals surface area contributed by atoms with Crippen LogP contribution in [-0.4, -0.2) is 32.5 Å². The monoisotopic (exact) mass is 310 g/mol. The third-order valence-electron chi connectivity index (χ3n) is 3.71. The SMILES string of the molecule is C[C@H](NC1CCCC1)C(=O)c1ccc(NS(C)(=O)=O)cc1. The molecule has 1 aromatic rings.